The van der Waals surface area contributed by atoms with Gasteiger partial charge in [0.2, 0.25) is 5.91 Å². The summed E-state index contributed by atoms with van der Waals surface area (Å²) in [4.78, 5) is 14.5. The van der Waals surface area contributed by atoms with Crippen molar-refractivity contribution >= 4 is 29.4 Å². The van der Waals surface area contributed by atoms with Gasteiger partial charge in [0, 0.05) is 29.8 Å². The fraction of sp³-hybridized carbons (Fsp3) is 0.350. The highest BCUT2D eigenvalue weighted by Gasteiger charge is 2.21. The number of amides is 1. The third-order valence-corrected chi connectivity index (χ3v) is 6.52. The van der Waals surface area contributed by atoms with Crippen LogP contribution in [0.25, 0.3) is 0 Å². The Hall–Kier alpha value is -1.39. The summed E-state index contributed by atoms with van der Waals surface area (Å²) in [5.74, 6) is 2.79. The van der Waals surface area contributed by atoms with E-state index in [1.807, 2.05) is 34.9 Å². The molecule has 1 saturated heterocycles. The molecule has 0 aromatic heterocycles. The molecule has 1 amide bonds. The van der Waals surface area contributed by atoms with Crippen molar-refractivity contribution in [2.24, 2.45) is 0 Å². The van der Waals surface area contributed by atoms with E-state index in [9.17, 15) is 4.79 Å². The third-order valence-electron chi connectivity index (χ3n) is 4.20. The second kappa shape index (κ2) is 9.19. The summed E-state index contributed by atoms with van der Waals surface area (Å²) < 4.78 is 0. The minimum Gasteiger partial charge on any atom is -0.341 e. The number of nitrogens with zero attached hydrogens (tertiary/aromatic N) is 1. The van der Waals surface area contributed by atoms with E-state index < -0.39 is 0 Å². The van der Waals surface area contributed by atoms with Gasteiger partial charge in [0.05, 0.1) is 5.75 Å². The maximum atomic E-state index is 12.5. The first kappa shape index (κ1) is 17.4. The number of carbonyl (C=O) groups excluding carboxylic acids is 1. The molecule has 0 aliphatic carbocycles. The summed E-state index contributed by atoms with van der Waals surface area (Å²) in [7, 11) is 0. The quantitative estimate of drug-likeness (QED) is 0.778. The van der Waals surface area contributed by atoms with E-state index in [0.29, 0.717) is 11.0 Å². The van der Waals surface area contributed by atoms with Crippen LogP contribution in [-0.2, 0) is 10.5 Å². The fourth-order valence-electron chi connectivity index (χ4n) is 2.88. The Labute approximate surface area is 153 Å². The lowest BCUT2D eigenvalue weighted by Gasteiger charge is -2.20. The summed E-state index contributed by atoms with van der Waals surface area (Å²) >= 11 is 3.69. The van der Waals surface area contributed by atoms with Crippen LogP contribution in [0.15, 0.2) is 60.7 Å². The number of thioether (sulfide) groups is 2. The van der Waals surface area contributed by atoms with E-state index in [1.165, 1.54) is 11.1 Å². The summed E-state index contributed by atoms with van der Waals surface area (Å²) in [5.41, 5.74) is 2.67. The molecule has 0 bridgehead atoms. The molecule has 0 spiro atoms. The molecule has 1 unspecified atom stereocenters. The van der Waals surface area contributed by atoms with Crippen molar-refractivity contribution in [3.8, 4) is 0 Å². The van der Waals surface area contributed by atoms with Crippen molar-refractivity contribution in [1.29, 1.82) is 0 Å². The van der Waals surface area contributed by atoms with Crippen molar-refractivity contribution in [3.05, 3.63) is 71.8 Å². The Bertz CT molecular complexity index is 633. The largest absolute Gasteiger partial charge is 0.341 e. The van der Waals surface area contributed by atoms with Gasteiger partial charge >= 0.3 is 0 Å². The van der Waals surface area contributed by atoms with Gasteiger partial charge in [-0.2, -0.15) is 11.8 Å². The molecular weight excluding hydrogens is 334 g/mol. The Kier molecular flexibility index (Phi) is 6.67. The summed E-state index contributed by atoms with van der Waals surface area (Å²) in [5, 5.41) is 0.515. The van der Waals surface area contributed by atoms with E-state index in [0.717, 1.165) is 31.0 Å². The Morgan fingerprint density at radius 3 is 2.50 bits per heavy atom. The highest BCUT2D eigenvalue weighted by atomic mass is 32.2. The zero-order valence-corrected chi connectivity index (χ0v) is 15.4. The molecule has 2 aromatic carbocycles. The van der Waals surface area contributed by atoms with Crippen LogP contribution in [0.3, 0.4) is 0 Å². The molecule has 1 atom stereocenters. The van der Waals surface area contributed by atoms with Gasteiger partial charge in [-0.25, -0.2) is 0 Å². The average Bonchev–Trinajstić information content (AvgIpc) is 2.89. The lowest BCUT2D eigenvalue weighted by molar-refractivity contribution is -0.128. The van der Waals surface area contributed by atoms with Gasteiger partial charge in [-0.15, -0.1) is 11.8 Å². The molecule has 1 aliphatic heterocycles. The predicted molar refractivity (Wildman–Crippen MR) is 105 cm³/mol. The molecule has 1 fully saturated rings. The molecule has 0 saturated carbocycles. The molecule has 2 nitrogen and oxygen atoms in total. The van der Waals surface area contributed by atoms with Gasteiger partial charge in [-0.1, -0.05) is 60.7 Å². The number of hydrogen-bond donors (Lipinski definition) is 0. The number of benzene rings is 2. The van der Waals surface area contributed by atoms with E-state index in [2.05, 4.69) is 42.5 Å². The van der Waals surface area contributed by atoms with E-state index in [1.54, 1.807) is 11.8 Å². The van der Waals surface area contributed by atoms with Gasteiger partial charge in [0.15, 0.2) is 0 Å². The van der Waals surface area contributed by atoms with Crippen LogP contribution in [-0.4, -0.2) is 35.4 Å². The van der Waals surface area contributed by atoms with Crippen LogP contribution in [0.1, 0.15) is 22.8 Å². The summed E-state index contributed by atoms with van der Waals surface area (Å²) in [6.45, 7) is 1.75. The van der Waals surface area contributed by atoms with Gasteiger partial charge in [0.25, 0.3) is 0 Å². The van der Waals surface area contributed by atoms with Gasteiger partial charge in [0.1, 0.15) is 0 Å². The predicted octanol–water partition coefficient (Wildman–Crippen LogP) is 4.63. The number of rotatable bonds is 5. The summed E-state index contributed by atoms with van der Waals surface area (Å²) in [6, 6.07) is 21.0. The Balaban J connectivity index is 1.46. The molecule has 1 heterocycles. The standard InChI is InChI=1S/C20H23NOS2/c22-20(16-23-15-17-7-3-1-4-8-17)21-12-11-19(24-14-13-21)18-9-5-2-6-10-18/h1-10,19H,11-16H2. The van der Waals surface area contributed by atoms with Crippen LogP contribution in [0.2, 0.25) is 0 Å². The molecule has 24 heavy (non-hydrogen) atoms. The second-order valence-corrected chi connectivity index (χ2v) is 8.21. The van der Waals surface area contributed by atoms with Crippen LogP contribution in [0.5, 0.6) is 0 Å². The Morgan fingerprint density at radius 2 is 1.75 bits per heavy atom. The number of hydrogen-bond acceptors (Lipinski definition) is 3. The molecule has 0 N–H and O–H groups in total. The molecule has 126 valence electrons. The van der Waals surface area contributed by atoms with Crippen molar-refractivity contribution in [1.82, 2.24) is 4.90 Å². The lowest BCUT2D eigenvalue weighted by Crippen LogP contribution is -2.34. The smallest absolute Gasteiger partial charge is 0.232 e. The number of carbonyl (C=O) groups is 1. The van der Waals surface area contributed by atoms with Gasteiger partial charge in [-0.05, 0) is 17.5 Å². The molecule has 3 rings (SSSR count). The first-order valence-electron chi connectivity index (χ1n) is 8.39. The van der Waals surface area contributed by atoms with Crippen molar-refractivity contribution in [2.45, 2.75) is 17.4 Å². The highest BCUT2D eigenvalue weighted by Crippen LogP contribution is 2.34. The van der Waals surface area contributed by atoms with Crippen LogP contribution < -0.4 is 0 Å². The molecular formula is C20H23NOS2. The second-order valence-electron chi connectivity index (χ2n) is 5.92. The van der Waals surface area contributed by atoms with Crippen molar-refractivity contribution in [2.75, 3.05) is 24.6 Å². The van der Waals surface area contributed by atoms with Crippen molar-refractivity contribution in [3.63, 3.8) is 0 Å². The van der Waals surface area contributed by atoms with E-state index >= 15 is 0 Å². The zero-order chi connectivity index (χ0) is 16.6. The molecule has 0 radical (unpaired) electrons. The first-order valence-corrected chi connectivity index (χ1v) is 10.6. The third kappa shape index (κ3) is 5.05. The summed E-state index contributed by atoms with van der Waals surface area (Å²) in [6.07, 6.45) is 1.05. The van der Waals surface area contributed by atoms with E-state index in [4.69, 9.17) is 0 Å². The fourth-order valence-corrected chi connectivity index (χ4v) is 4.99. The van der Waals surface area contributed by atoms with E-state index in [-0.39, 0.29) is 5.91 Å². The zero-order valence-electron chi connectivity index (χ0n) is 13.8. The van der Waals surface area contributed by atoms with Gasteiger partial charge < -0.3 is 4.90 Å². The minimum absolute atomic E-state index is 0.283. The normalized spacial score (nSPS) is 18.2. The van der Waals surface area contributed by atoms with Gasteiger partial charge in [-0.3, -0.25) is 4.79 Å². The Morgan fingerprint density at radius 1 is 1.04 bits per heavy atom. The lowest BCUT2D eigenvalue weighted by atomic mass is 10.1. The first-order chi connectivity index (χ1) is 11.8. The highest BCUT2D eigenvalue weighted by molar-refractivity contribution is 7.99. The average molecular weight is 358 g/mol. The molecule has 4 heteroatoms. The van der Waals surface area contributed by atoms with Crippen LogP contribution in [0.4, 0.5) is 0 Å². The van der Waals surface area contributed by atoms with Crippen molar-refractivity contribution < 1.29 is 4.79 Å². The van der Waals surface area contributed by atoms with Crippen LogP contribution >= 0.6 is 23.5 Å². The molecule has 1 aliphatic rings. The monoisotopic (exact) mass is 357 g/mol. The maximum Gasteiger partial charge on any atom is 0.232 e. The molecule has 2 aromatic rings. The SMILES string of the molecule is O=C(CSCc1ccccc1)N1CCSC(c2ccccc2)CC1. The minimum atomic E-state index is 0.283. The van der Waals surface area contributed by atoms with Crippen LogP contribution in [0, 0.1) is 0 Å². The topological polar surface area (TPSA) is 20.3 Å². The maximum absolute atomic E-state index is 12.5.